The molecule has 2 aromatic rings. The van der Waals surface area contributed by atoms with E-state index in [0.29, 0.717) is 5.69 Å². The summed E-state index contributed by atoms with van der Waals surface area (Å²) in [5, 5.41) is 9.46. The highest BCUT2D eigenvalue weighted by molar-refractivity contribution is 7.86. The van der Waals surface area contributed by atoms with Crippen molar-refractivity contribution in [2.75, 3.05) is 5.43 Å². The van der Waals surface area contributed by atoms with Crippen molar-refractivity contribution < 1.29 is 17.8 Å². The predicted octanol–water partition coefficient (Wildman–Crippen LogP) is 1.63. The first kappa shape index (κ1) is 13.3. The van der Waals surface area contributed by atoms with Gasteiger partial charge in [-0.05, 0) is 24.3 Å². The van der Waals surface area contributed by atoms with E-state index in [1.54, 1.807) is 24.3 Å². The van der Waals surface area contributed by atoms with Gasteiger partial charge in [0.15, 0.2) is 0 Å². The fraction of sp³-hybridized carbons (Fsp3) is 0. The van der Waals surface area contributed by atoms with Gasteiger partial charge in [-0.2, -0.15) is 12.7 Å². The van der Waals surface area contributed by atoms with Crippen LogP contribution in [0, 0.1) is 0 Å². The van der Waals surface area contributed by atoms with Crippen molar-refractivity contribution in [2.24, 2.45) is 0 Å². The summed E-state index contributed by atoms with van der Waals surface area (Å²) < 4.78 is 28.1. The van der Waals surface area contributed by atoms with E-state index in [2.05, 4.69) is 15.3 Å². The molecular weight excluding hydrogens is 268 g/mol. The van der Waals surface area contributed by atoms with E-state index < -0.39 is 10.1 Å². The van der Waals surface area contributed by atoms with Gasteiger partial charge in [-0.15, -0.1) is 0 Å². The molecule has 0 amide bonds. The summed E-state index contributed by atoms with van der Waals surface area (Å²) in [5.74, 6) is -0.371. The standard InChI is InChI=1S/C12H12N2O4S/c15-11-8-4-5-9-12(11)19(16,17)18-14-13-10-6-2-1-3-7-10/h1-9,13-15H. The topological polar surface area (TPSA) is 87.7 Å². The maximum Gasteiger partial charge on any atom is 0.318 e. The van der Waals surface area contributed by atoms with Crippen molar-refractivity contribution in [1.82, 2.24) is 5.59 Å². The number of nitrogens with one attached hydrogen (secondary N) is 2. The number of benzene rings is 2. The molecule has 0 fully saturated rings. The van der Waals surface area contributed by atoms with Crippen molar-refractivity contribution in [1.29, 1.82) is 0 Å². The molecule has 100 valence electrons. The zero-order valence-corrected chi connectivity index (χ0v) is 10.6. The van der Waals surface area contributed by atoms with Crippen LogP contribution in [0.5, 0.6) is 5.75 Å². The minimum Gasteiger partial charge on any atom is -0.506 e. The second-order valence-electron chi connectivity index (χ2n) is 3.60. The zero-order chi connectivity index (χ0) is 13.7. The summed E-state index contributed by atoms with van der Waals surface area (Å²) >= 11 is 0. The Bertz CT molecular complexity index is 644. The summed E-state index contributed by atoms with van der Waals surface area (Å²) in [6.45, 7) is 0. The minimum atomic E-state index is -4.08. The monoisotopic (exact) mass is 280 g/mol. The third kappa shape index (κ3) is 3.44. The van der Waals surface area contributed by atoms with Crippen LogP contribution in [0.1, 0.15) is 0 Å². The van der Waals surface area contributed by atoms with E-state index in [-0.39, 0.29) is 10.6 Å². The second kappa shape index (κ2) is 5.70. The summed E-state index contributed by atoms with van der Waals surface area (Å²) in [6, 6.07) is 14.3. The number of hydrogen-bond donors (Lipinski definition) is 3. The van der Waals surface area contributed by atoms with Gasteiger partial charge in [-0.3, -0.25) is 5.43 Å². The third-order valence-electron chi connectivity index (χ3n) is 2.26. The number of hydrazine groups is 1. The lowest BCUT2D eigenvalue weighted by Crippen LogP contribution is -2.26. The molecule has 0 saturated heterocycles. The molecule has 6 nitrogen and oxygen atoms in total. The molecular formula is C12H12N2O4S. The molecule has 2 rings (SSSR count). The number of para-hydroxylation sites is 2. The van der Waals surface area contributed by atoms with Gasteiger partial charge in [0.05, 0.1) is 5.69 Å². The average molecular weight is 280 g/mol. The Balaban J connectivity index is 2.01. The predicted molar refractivity (Wildman–Crippen MR) is 69.6 cm³/mol. The lowest BCUT2D eigenvalue weighted by atomic mass is 10.3. The van der Waals surface area contributed by atoms with Crippen LogP contribution in [0.4, 0.5) is 5.69 Å². The smallest absolute Gasteiger partial charge is 0.318 e. The average Bonchev–Trinajstić information content (AvgIpc) is 2.40. The Morgan fingerprint density at radius 1 is 0.947 bits per heavy atom. The SMILES string of the molecule is O=S(=O)(ONNc1ccccc1)c1ccccc1O. The summed E-state index contributed by atoms with van der Waals surface area (Å²) in [4.78, 5) is -0.308. The minimum absolute atomic E-state index is 0.308. The first-order chi connectivity index (χ1) is 9.09. The van der Waals surface area contributed by atoms with Crippen molar-refractivity contribution in [3.05, 3.63) is 54.6 Å². The highest BCUT2D eigenvalue weighted by Crippen LogP contribution is 2.22. The van der Waals surface area contributed by atoms with Gasteiger partial charge in [0, 0.05) is 0 Å². The molecule has 0 aliphatic carbocycles. The number of hydrogen-bond acceptors (Lipinski definition) is 6. The van der Waals surface area contributed by atoms with Crippen molar-refractivity contribution >= 4 is 15.8 Å². The lowest BCUT2D eigenvalue weighted by Gasteiger charge is -2.09. The van der Waals surface area contributed by atoms with Gasteiger partial charge in [-0.1, -0.05) is 35.9 Å². The van der Waals surface area contributed by atoms with Crippen molar-refractivity contribution in [3.63, 3.8) is 0 Å². The molecule has 3 N–H and O–H groups in total. The van der Waals surface area contributed by atoms with Gasteiger partial charge in [-0.25, -0.2) is 0 Å². The molecule has 0 saturated carbocycles. The number of phenols is 1. The fourth-order valence-corrected chi connectivity index (χ4v) is 2.18. The maximum atomic E-state index is 11.8. The van der Waals surface area contributed by atoms with E-state index >= 15 is 0 Å². The molecule has 0 atom stereocenters. The van der Waals surface area contributed by atoms with Crippen molar-refractivity contribution in [3.8, 4) is 5.75 Å². The van der Waals surface area contributed by atoms with Crippen LogP contribution < -0.4 is 11.0 Å². The van der Waals surface area contributed by atoms with Gasteiger partial charge in [0.1, 0.15) is 10.6 Å². The highest BCUT2D eigenvalue weighted by atomic mass is 32.2. The molecule has 0 aliphatic rings. The number of phenolic OH excluding ortho intramolecular Hbond substituents is 1. The van der Waals surface area contributed by atoms with E-state index in [0.717, 1.165) is 0 Å². The van der Waals surface area contributed by atoms with E-state index in [1.165, 1.54) is 24.3 Å². The normalized spacial score (nSPS) is 11.2. The van der Waals surface area contributed by atoms with Crippen LogP contribution >= 0.6 is 0 Å². The number of anilines is 1. The van der Waals surface area contributed by atoms with Gasteiger partial charge in [0.25, 0.3) is 0 Å². The Hall–Kier alpha value is -2.09. The Labute approximate surface area is 110 Å². The molecule has 0 unspecified atom stereocenters. The highest BCUT2D eigenvalue weighted by Gasteiger charge is 2.19. The molecule has 2 aromatic carbocycles. The second-order valence-corrected chi connectivity index (χ2v) is 5.11. The summed E-state index contributed by atoms with van der Waals surface area (Å²) in [7, 11) is -4.08. The summed E-state index contributed by atoms with van der Waals surface area (Å²) in [5.41, 5.74) is 5.31. The quantitative estimate of drug-likeness (QED) is 0.721. The Morgan fingerprint density at radius 2 is 1.58 bits per heavy atom. The lowest BCUT2D eigenvalue weighted by molar-refractivity contribution is 0.228. The van der Waals surface area contributed by atoms with Gasteiger partial charge >= 0.3 is 10.1 Å². The van der Waals surface area contributed by atoms with Crippen LogP contribution in [-0.4, -0.2) is 13.5 Å². The molecule has 0 aliphatic heterocycles. The fourth-order valence-electron chi connectivity index (χ4n) is 1.37. The van der Waals surface area contributed by atoms with Crippen LogP contribution in [0.2, 0.25) is 0 Å². The van der Waals surface area contributed by atoms with E-state index in [1.807, 2.05) is 6.07 Å². The Kier molecular flexibility index (Phi) is 4.00. The first-order valence-electron chi connectivity index (χ1n) is 5.37. The van der Waals surface area contributed by atoms with E-state index in [9.17, 15) is 13.5 Å². The molecule has 0 bridgehead atoms. The molecule has 19 heavy (non-hydrogen) atoms. The molecule has 0 heterocycles. The molecule has 0 aromatic heterocycles. The van der Waals surface area contributed by atoms with Gasteiger partial charge in [0.2, 0.25) is 0 Å². The van der Waals surface area contributed by atoms with Crippen LogP contribution in [0.25, 0.3) is 0 Å². The van der Waals surface area contributed by atoms with Crippen molar-refractivity contribution in [2.45, 2.75) is 4.90 Å². The van der Waals surface area contributed by atoms with Crippen LogP contribution in [0.3, 0.4) is 0 Å². The Morgan fingerprint density at radius 3 is 2.26 bits per heavy atom. The van der Waals surface area contributed by atoms with Crippen LogP contribution in [-0.2, 0) is 14.4 Å². The van der Waals surface area contributed by atoms with Gasteiger partial charge < -0.3 is 5.11 Å². The summed E-state index contributed by atoms with van der Waals surface area (Å²) in [6.07, 6.45) is 0. The van der Waals surface area contributed by atoms with E-state index in [4.69, 9.17) is 0 Å². The first-order valence-corrected chi connectivity index (χ1v) is 6.78. The maximum absolute atomic E-state index is 11.8. The number of rotatable bonds is 5. The largest absolute Gasteiger partial charge is 0.506 e. The zero-order valence-electron chi connectivity index (χ0n) is 9.78. The molecule has 7 heteroatoms. The van der Waals surface area contributed by atoms with Crippen LogP contribution in [0.15, 0.2) is 59.5 Å². The molecule has 0 radical (unpaired) electrons. The number of aromatic hydroxyl groups is 1. The molecule has 0 spiro atoms. The third-order valence-corrected chi connectivity index (χ3v) is 3.44.